The molecule has 2 rings (SSSR count). The third-order valence-corrected chi connectivity index (χ3v) is 6.86. The van der Waals surface area contributed by atoms with Crippen molar-refractivity contribution in [1.82, 2.24) is 14.5 Å². The van der Waals surface area contributed by atoms with Crippen molar-refractivity contribution >= 4 is 15.9 Å². The van der Waals surface area contributed by atoms with Crippen molar-refractivity contribution < 1.29 is 13.2 Å². The summed E-state index contributed by atoms with van der Waals surface area (Å²) in [6.45, 7) is 6.86. The summed E-state index contributed by atoms with van der Waals surface area (Å²) < 4.78 is 26.7. The summed E-state index contributed by atoms with van der Waals surface area (Å²) in [7, 11) is -1.61. The third-order valence-electron chi connectivity index (χ3n) is 4.82. The molecule has 0 unspecified atom stereocenters. The molecule has 1 aromatic rings. The van der Waals surface area contributed by atoms with E-state index in [1.807, 2.05) is 25.8 Å². The minimum atomic E-state index is -3.55. The molecule has 25 heavy (non-hydrogen) atoms. The molecule has 0 spiro atoms. The molecule has 1 heterocycles. The van der Waals surface area contributed by atoms with Crippen LogP contribution >= 0.6 is 0 Å². The molecule has 1 fully saturated rings. The van der Waals surface area contributed by atoms with E-state index in [0.29, 0.717) is 24.6 Å². The van der Waals surface area contributed by atoms with Gasteiger partial charge in [-0.3, -0.25) is 4.79 Å². The van der Waals surface area contributed by atoms with Gasteiger partial charge in [0.15, 0.2) is 0 Å². The molecule has 1 amide bonds. The van der Waals surface area contributed by atoms with Gasteiger partial charge in [0.25, 0.3) is 5.91 Å². The van der Waals surface area contributed by atoms with Gasteiger partial charge in [-0.15, -0.1) is 0 Å². The van der Waals surface area contributed by atoms with Crippen molar-refractivity contribution in [2.24, 2.45) is 5.92 Å². The molecule has 6 nitrogen and oxygen atoms in total. The zero-order valence-corrected chi connectivity index (χ0v) is 16.2. The highest BCUT2D eigenvalue weighted by Crippen LogP contribution is 2.21. The van der Waals surface area contributed by atoms with Gasteiger partial charge < -0.3 is 10.2 Å². The van der Waals surface area contributed by atoms with E-state index in [-0.39, 0.29) is 10.8 Å². The average molecular weight is 368 g/mol. The number of sulfonamides is 1. The van der Waals surface area contributed by atoms with Gasteiger partial charge in [-0.05, 0) is 50.6 Å². The zero-order valence-electron chi connectivity index (χ0n) is 15.4. The van der Waals surface area contributed by atoms with Crippen LogP contribution in [0.5, 0.6) is 0 Å². The Kier molecular flexibility index (Phi) is 6.98. The van der Waals surface area contributed by atoms with Crippen LogP contribution in [0.1, 0.15) is 37.0 Å². The second-order valence-corrected chi connectivity index (χ2v) is 8.35. The molecule has 1 aliphatic rings. The predicted octanol–water partition coefficient (Wildman–Crippen LogP) is 1.79. The summed E-state index contributed by atoms with van der Waals surface area (Å²) in [6.07, 6.45) is 1.95. The third kappa shape index (κ3) is 4.59. The largest absolute Gasteiger partial charge is 0.339 e. The predicted molar refractivity (Wildman–Crippen MR) is 99.1 cm³/mol. The van der Waals surface area contributed by atoms with E-state index in [1.165, 1.54) is 10.4 Å². The molecule has 1 saturated heterocycles. The van der Waals surface area contributed by atoms with E-state index in [1.54, 1.807) is 18.2 Å². The number of hydrogen-bond donors (Lipinski definition) is 1. The summed E-state index contributed by atoms with van der Waals surface area (Å²) in [4.78, 5) is 14.8. The molecule has 7 heteroatoms. The molecular formula is C18H29N3O3S. The van der Waals surface area contributed by atoms with E-state index >= 15 is 0 Å². The first-order valence-corrected chi connectivity index (χ1v) is 10.4. The molecule has 0 radical (unpaired) electrons. The Morgan fingerprint density at radius 3 is 2.44 bits per heavy atom. The minimum Gasteiger partial charge on any atom is -0.339 e. The number of hydrogen-bond acceptors (Lipinski definition) is 4. The topological polar surface area (TPSA) is 69.7 Å². The standard InChI is InChI=1S/C18H29N3O3S/c1-4-21(5-2)25(23,24)17-8-6-7-16(13-17)18(22)20-11-9-15(10-12-20)14-19-3/h6-8,13,15,19H,4-5,9-12,14H2,1-3H3. The first kappa shape index (κ1) is 19.9. The quantitative estimate of drug-likeness (QED) is 0.798. The second kappa shape index (κ2) is 8.78. The Morgan fingerprint density at radius 1 is 1.24 bits per heavy atom. The van der Waals surface area contributed by atoms with E-state index in [9.17, 15) is 13.2 Å². The maximum absolute atomic E-state index is 12.8. The fraction of sp³-hybridized carbons (Fsp3) is 0.611. The van der Waals surface area contributed by atoms with Crippen LogP contribution in [-0.4, -0.2) is 63.3 Å². The van der Waals surface area contributed by atoms with Crippen molar-refractivity contribution in [3.63, 3.8) is 0 Å². The molecule has 1 aliphatic heterocycles. The van der Waals surface area contributed by atoms with Crippen molar-refractivity contribution in [3.8, 4) is 0 Å². The number of carbonyl (C=O) groups excluding carboxylic acids is 1. The Bertz CT molecular complexity index is 679. The lowest BCUT2D eigenvalue weighted by atomic mass is 9.96. The molecule has 0 bridgehead atoms. The van der Waals surface area contributed by atoms with E-state index < -0.39 is 10.0 Å². The number of likely N-dealkylation sites (tertiary alicyclic amines) is 1. The number of benzene rings is 1. The van der Waals surface area contributed by atoms with Crippen molar-refractivity contribution in [2.45, 2.75) is 31.6 Å². The highest BCUT2D eigenvalue weighted by molar-refractivity contribution is 7.89. The van der Waals surface area contributed by atoms with Gasteiger partial charge >= 0.3 is 0 Å². The van der Waals surface area contributed by atoms with Crippen LogP contribution in [-0.2, 0) is 10.0 Å². The van der Waals surface area contributed by atoms with E-state index in [4.69, 9.17) is 0 Å². The van der Waals surface area contributed by atoms with Gasteiger partial charge in [-0.1, -0.05) is 19.9 Å². The van der Waals surface area contributed by atoms with E-state index in [0.717, 1.165) is 32.5 Å². The minimum absolute atomic E-state index is 0.0838. The lowest BCUT2D eigenvalue weighted by molar-refractivity contribution is 0.0690. The molecule has 1 aromatic carbocycles. The molecule has 1 N–H and O–H groups in total. The molecule has 0 atom stereocenters. The fourth-order valence-electron chi connectivity index (χ4n) is 3.31. The van der Waals surface area contributed by atoms with Crippen LogP contribution < -0.4 is 5.32 Å². The first-order chi connectivity index (χ1) is 11.9. The highest BCUT2D eigenvalue weighted by atomic mass is 32.2. The summed E-state index contributed by atoms with van der Waals surface area (Å²) in [5, 5.41) is 3.18. The summed E-state index contributed by atoms with van der Waals surface area (Å²) in [6, 6.07) is 6.42. The van der Waals surface area contributed by atoms with Crippen LogP contribution in [0.15, 0.2) is 29.2 Å². The number of nitrogens with zero attached hydrogens (tertiary/aromatic N) is 2. The van der Waals surface area contributed by atoms with Gasteiger partial charge in [0, 0.05) is 31.7 Å². The molecule has 0 aromatic heterocycles. The lowest BCUT2D eigenvalue weighted by Crippen LogP contribution is -2.40. The lowest BCUT2D eigenvalue weighted by Gasteiger charge is -2.32. The van der Waals surface area contributed by atoms with Gasteiger partial charge in [0.2, 0.25) is 10.0 Å². The van der Waals surface area contributed by atoms with Gasteiger partial charge in [-0.2, -0.15) is 4.31 Å². The Morgan fingerprint density at radius 2 is 1.88 bits per heavy atom. The van der Waals surface area contributed by atoms with Gasteiger partial charge in [0.1, 0.15) is 0 Å². The van der Waals surface area contributed by atoms with Crippen LogP contribution in [0.4, 0.5) is 0 Å². The number of piperidine rings is 1. The second-order valence-electron chi connectivity index (χ2n) is 6.41. The summed E-state index contributed by atoms with van der Waals surface area (Å²) >= 11 is 0. The molecular weight excluding hydrogens is 338 g/mol. The molecule has 0 saturated carbocycles. The maximum atomic E-state index is 12.8. The highest BCUT2D eigenvalue weighted by Gasteiger charge is 2.26. The fourth-order valence-corrected chi connectivity index (χ4v) is 4.82. The van der Waals surface area contributed by atoms with Gasteiger partial charge in [0.05, 0.1) is 4.90 Å². The van der Waals surface area contributed by atoms with Crippen LogP contribution in [0.25, 0.3) is 0 Å². The van der Waals surface area contributed by atoms with Crippen molar-refractivity contribution in [2.75, 3.05) is 39.8 Å². The normalized spacial score (nSPS) is 16.4. The number of rotatable bonds is 7. The first-order valence-electron chi connectivity index (χ1n) is 8.98. The SMILES string of the molecule is CCN(CC)S(=O)(=O)c1cccc(C(=O)N2CCC(CNC)CC2)c1. The monoisotopic (exact) mass is 367 g/mol. The van der Waals surface area contributed by atoms with Crippen LogP contribution in [0, 0.1) is 5.92 Å². The van der Waals surface area contributed by atoms with Crippen molar-refractivity contribution in [3.05, 3.63) is 29.8 Å². The maximum Gasteiger partial charge on any atom is 0.253 e. The summed E-state index contributed by atoms with van der Waals surface area (Å²) in [5.41, 5.74) is 0.445. The Balaban J connectivity index is 2.15. The molecule has 0 aliphatic carbocycles. The van der Waals surface area contributed by atoms with Gasteiger partial charge in [-0.25, -0.2) is 8.42 Å². The summed E-state index contributed by atoms with van der Waals surface area (Å²) in [5.74, 6) is 0.517. The van der Waals surface area contributed by atoms with Crippen molar-refractivity contribution in [1.29, 1.82) is 0 Å². The Hall–Kier alpha value is -1.44. The number of amides is 1. The number of nitrogens with one attached hydrogen (secondary N) is 1. The molecule has 140 valence electrons. The van der Waals surface area contributed by atoms with Crippen LogP contribution in [0.3, 0.4) is 0 Å². The zero-order chi connectivity index (χ0) is 18.4. The van der Waals surface area contributed by atoms with Crippen LogP contribution in [0.2, 0.25) is 0 Å². The van der Waals surface area contributed by atoms with E-state index in [2.05, 4.69) is 5.32 Å². The smallest absolute Gasteiger partial charge is 0.253 e. The Labute approximate surface area is 151 Å². The number of carbonyl (C=O) groups is 1. The average Bonchev–Trinajstić information content (AvgIpc) is 2.63.